The Morgan fingerprint density at radius 1 is 1.47 bits per heavy atom. The number of amides is 2. The SMILES string of the molecule is CCc1nsc(N2C(=O)C=C(C)C2=O)n1. The molecule has 0 saturated heterocycles. The fourth-order valence-electron chi connectivity index (χ4n) is 1.25. The van der Waals surface area contributed by atoms with E-state index in [1.165, 1.54) is 6.08 Å². The van der Waals surface area contributed by atoms with Crippen molar-refractivity contribution in [1.29, 1.82) is 0 Å². The number of hydrogen-bond donors (Lipinski definition) is 0. The van der Waals surface area contributed by atoms with Gasteiger partial charge in [0.1, 0.15) is 5.82 Å². The Hall–Kier alpha value is -1.56. The molecule has 0 unspecified atom stereocenters. The van der Waals surface area contributed by atoms with E-state index in [4.69, 9.17) is 0 Å². The van der Waals surface area contributed by atoms with Crippen LogP contribution >= 0.6 is 11.5 Å². The first-order valence-electron chi connectivity index (χ1n) is 4.52. The smallest absolute Gasteiger partial charge is 0.263 e. The average Bonchev–Trinajstić information content (AvgIpc) is 2.74. The van der Waals surface area contributed by atoms with Crippen molar-refractivity contribution < 1.29 is 9.59 Å². The molecule has 0 atom stereocenters. The Labute approximate surface area is 90.6 Å². The molecular weight excluding hydrogens is 214 g/mol. The second kappa shape index (κ2) is 3.54. The van der Waals surface area contributed by atoms with Crippen molar-refractivity contribution in [3.8, 4) is 0 Å². The van der Waals surface area contributed by atoms with Crippen LogP contribution in [0.3, 0.4) is 0 Å². The van der Waals surface area contributed by atoms with Crippen LogP contribution in [0, 0.1) is 0 Å². The third-order valence-electron chi connectivity index (χ3n) is 2.07. The van der Waals surface area contributed by atoms with Gasteiger partial charge in [0.15, 0.2) is 0 Å². The van der Waals surface area contributed by atoms with E-state index in [0.29, 0.717) is 22.9 Å². The van der Waals surface area contributed by atoms with Crippen LogP contribution in [-0.4, -0.2) is 21.2 Å². The summed E-state index contributed by atoms with van der Waals surface area (Å²) in [7, 11) is 0. The van der Waals surface area contributed by atoms with Gasteiger partial charge in [0.25, 0.3) is 11.8 Å². The standard InChI is InChI=1S/C9H9N3O2S/c1-3-6-10-9(15-11-6)12-7(13)4-5(2)8(12)14/h4H,3H2,1-2H3. The second-order valence-electron chi connectivity index (χ2n) is 3.15. The largest absolute Gasteiger partial charge is 0.269 e. The van der Waals surface area contributed by atoms with Crippen molar-refractivity contribution in [1.82, 2.24) is 9.36 Å². The highest BCUT2D eigenvalue weighted by Gasteiger charge is 2.32. The molecule has 1 aromatic heterocycles. The lowest BCUT2D eigenvalue weighted by Gasteiger charge is -2.08. The summed E-state index contributed by atoms with van der Waals surface area (Å²) in [5, 5.41) is 0.356. The predicted molar refractivity (Wildman–Crippen MR) is 55.5 cm³/mol. The molecule has 0 aromatic carbocycles. The number of nitrogens with zero attached hydrogens (tertiary/aromatic N) is 3. The van der Waals surface area contributed by atoms with Gasteiger partial charge in [-0.05, 0) is 6.92 Å². The molecule has 2 amide bonds. The average molecular weight is 223 g/mol. The van der Waals surface area contributed by atoms with E-state index >= 15 is 0 Å². The minimum Gasteiger partial charge on any atom is -0.269 e. The summed E-state index contributed by atoms with van der Waals surface area (Å²) in [6, 6.07) is 0. The zero-order chi connectivity index (χ0) is 11.0. The van der Waals surface area contributed by atoms with E-state index < -0.39 is 0 Å². The summed E-state index contributed by atoms with van der Waals surface area (Å²) in [4.78, 5) is 28.2. The lowest BCUT2D eigenvalue weighted by molar-refractivity contribution is -0.120. The van der Waals surface area contributed by atoms with Crippen molar-refractivity contribution in [2.24, 2.45) is 0 Å². The van der Waals surface area contributed by atoms with Gasteiger partial charge >= 0.3 is 0 Å². The van der Waals surface area contributed by atoms with E-state index in [1.807, 2.05) is 6.92 Å². The summed E-state index contributed by atoms with van der Waals surface area (Å²) in [5.41, 5.74) is 0.438. The molecule has 0 bridgehead atoms. The minimum atomic E-state index is -0.337. The summed E-state index contributed by atoms with van der Waals surface area (Å²) in [6.45, 7) is 3.53. The molecule has 0 aliphatic carbocycles. The Balaban J connectivity index is 2.33. The topological polar surface area (TPSA) is 63.2 Å². The Bertz CT molecular complexity index is 464. The molecule has 0 fully saturated rings. The van der Waals surface area contributed by atoms with Crippen LogP contribution in [0.1, 0.15) is 19.7 Å². The van der Waals surface area contributed by atoms with Crippen molar-refractivity contribution in [2.45, 2.75) is 20.3 Å². The maximum atomic E-state index is 11.6. The van der Waals surface area contributed by atoms with E-state index in [1.54, 1.807) is 6.92 Å². The number of aromatic nitrogens is 2. The molecule has 1 aliphatic heterocycles. The summed E-state index contributed by atoms with van der Waals surface area (Å²) >= 11 is 1.07. The monoisotopic (exact) mass is 223 g/mol. The molecule has 15 heavy (non-hydrogen) atoms. The minimum absolute atomic E-state index is 0.307. The number of carbonyl (C=O) groups is 2. The maximum absolute atomic E-state index is 11.6. The zero-order valence-corrected chi connectivity index (χ0v) is 9.17. The lowest BCUT2D eigenvalue weighted by atomic mass is 10.3. The first kappa shape index (κ1) is 9.97. The number of hydrogen-bond acceptors (Lipinski definition) is 5. The summed E-state index contributed by atoms with van der Waals surface area (Å²) in [5.74, 6) is 0.00950. The van der Waals surface area contributed by atoms with Gasteiger partial charge in [-0.25, -0.2) is 9.88 Å². The fraction of sp³-hybridized carbons (Fsp3) is 0.333. The molecule has 0 saturated carbocycles. The molecule has 1 aliphatic rings. The van der Waals surface area contributed by atoms with Crippen LogP contribution in [0.2, 0.25) is 0 Å². The first-order chi connectivity index (χ1) is 7.13. The zero-order valence-electron chi connectivity index (χ0n) is 8.35. The van der Waals surface area contributed by atoms with Crippen molar-refractivity contribution in [2.75, 3.05) is 4.90 Å². The normalized spacial score (nSPS) is 16.1. The van der Waals surface area contributed by atoms with Crippen LogP contribution in [-0.2, 0) is 16.0 Å². The summed E-state index contributed by atoms with van der Waals surface area (Å²) in [6.07, 6.45) is 2.01. The Morgan fingerprint density at radius 2 is 2.20 bits per heavy atom. The molecule has 2 rings (SSSR count). The quantitative estimate of drug-likeness (QED) is 0.699. The molecule has 2 heterocycles. The van der Waals surface area contributed by atoms with Gasteiger partial charge in [-0.1, -0.05) is 6.92 Å². The molecule has 0 spiro atoms. The predicted octanol–water partition coefficient (Wildman–Crippen LogP) is 0.920. The third-order valence-corrected chi connectivity index (χ3v) is 2.80. The van der Waals surface area contributed by atoms with Gasteiger partial charge < -0.3 is 0 Å². The first-order valence-corrected chi connectivity index (χ1v) is 5.30. The van der Waals surface area contributed by atoms with Gasteiger partial charge in [0.2, 0.25) is 5.13 Å². The number of carbonyl (C=O) groups excluding carboxylic acids is 2. The van der Waals surface area contributed by atoms with Crippen LogP contribution in [0.4, 0.5) is 5.13 Å². The number of rotatable bonds is 2. The van der Waals surface area contributed by atoms with Crippen molar-refractivity contribution in [3.63, 3.8) is 0 Å². The summed E-state index contributed by atoms with van der Waals surface area (Å²) < 4.78 is 4.03. The number of aryl methyl sites for hydroxylation is 1. The molecule has 6 heteroatoms. The fourth-order valence-corrected chi connectivity index (χ4v) is 2.01. The maximum Gasteiger partial charge on any atom is 0.263 e. The molecule has 1 aromatic rings. The van der Waals surface area contributed by atoms with E-state index in [-0.39, 0.29) is 11.8 Å². The molecule has 5 nitrogen and oxygen atoms in total. The van der Waals surface area contributed by atoms with Gasteiger partial charge in [-0.3, -0.25) is 9.59 Å². The van der Waals surface area contributed by atoms with Crippen LogP contribution < -0.4 is 4.90 Å². The van der Waals surface area contributed by atoms with Crippen LogP contribution in [0.25, 0.3) is 0 Å². The van der Waals surface area contributed by atoms with Crippen LogP contribution in [0.15, 0.2) is 11.6 Å². The molecule has 0 radical (unpaired) electrons. The molecular formula is C9H9N3O2S. The second-order valence-corrected chi connectivity index (χ2v) is 3.88. The van der Waals surface area contributed by atoms with E-state index in [0.717, 1.165) is 16.4 Å². The third kappa shape index (κ3) is 1.56. The highest BCUT2D eigenvalue weighted by atomic mass is 32.1. The Kier molecular flexibility index (Phi) is 2.36. The van der Waals surface area contributed by atoms with Gasteiger partial charge in [0, 0.05) is 29.6 Å². The highest BCUT2D eigenvalue weighted by Crippen LogP contribution is 2.23. The van der Waals surface area contributed by atoms with Gasteiger partial charge in [-0.2, -0.15) is 4.37 Å². The van der Waals surface area contributed by atoms with Crippen molar-refractivity contribution >= 4 is 28.5 Å². The van der Waals surface area contributed by atoms with E-state index in [2.05, 4.69) is 9.36 Å². The lowest BCUT2D eigenvalue weighted by Crippen LogP contribution is -2.30. The van der Waals surface area contributed by atoms with Gasteiger partial charge in [0.05, 0.1) is 0 Å². The number of imide groups is 1. The molecule has 0 N–H and O–H groups in total. The highest BCUT2D eigenvalue weighted by molar-refractivity contribution is 7.10. The number of anilines is 1. The molecule has 78 valence electrons. The van der Waals surface area contributed by atoms with Gasteiger partial charge in [-0.15, -0.1) is 0 Å². The van der Waals surface area contributed by atoms with Crippen molar-refractivity contribution in [3.05, 3.63) is 17.5 Å². The van der Waals surface area contributed by atoms with E-state index in [9.17, 15) is 9.59 Å². The van der Waals surface area contributed by atoms with Crippen LogP contribution in [0.5, 0.6) is 0 Å². The Morgan fingerprint density at radius 3 is 2.67 bits per heavy atom.